The highest BCUT2D eigenvalue weighted by atomic mass is 32.1. The third-order valence-corrected chi connectivity index (χ3v) is 4.13. The smallest absolute Gasteiger partial charge is 0.277 e. The van der Waals surface area contributed by atoms with Gasteiger partial charge in [-0.3, -0.25) is 19.4 Å². The van der Waals surface area contributed by atoms with E-state index in [1.165, 1.54) is 16.7 Å². The van der Waals surface area contributed by atoms with Crippen LogP contribution in [0.1, 0.15) is 19.6 Å². The van der Waals surface area contributed by atoms with Gasteiger partial charge in [0.15, 0.2) is 5.11 Å². The maximum Gasteiger partial charge on any atom is 0.277 e. The molecule has 6 heteroatoms. The Morgan fingerprint density at radius 3 is 2.54 bits per heavy atom. The summed E-state index contributed by atoms with van der Waals surface area (Å²) in [6.45, 7) is 3.60. The Morgan fingerprint density at radius 2 is 1.92 bits per heavy atom. The first-order chi connectivity index (χ1) is 11.5. The second-order valence-electron chi connectivity index (χ2n) is 5.28. The van der Waals surface area contributed by atoms with Crippen molar-refractivity contribution >= 4 is 35.2 Å². The summed E-state index contributed by atoms with van der Waals surface area (Å²) in [6, 6.07) is 13.2. The van der Waals surface area contributed by atoms with Gasteiger partial charge >= 0.3 is 0 Å². The van der Waals surface area contributed by atoms with Gasteiger partial charge in [0.25, 0.3) is 5.91 Å². The van der Waals surface area contributed by atoms with Gasteiger partial charge < -0.3 is 4.42 Å². The van der Waals surface area contributed by atoms with Crippen molar-refractivity contribution in [2.45, 2.75) is 13.8 Å². The van der Waals surface area contributed by atoms with E-state index in [1.807, 2.05) is 43.3 Å². The number of hydrogen-bond donors (Lipinski definition) is 0. The molecule has 2 aromatic rings. The van der Waals surface area contributed by atoms with E-state index in [1.54, 1.807) is 12.1 Å². The molecule has 2 heterocycles. The number of benzene rings is 1. The van der Waals surface area contributed by atoms with Crippen molar-refractivity contribution in [2.24, 2.45) is 0 Å². The zero-order valence-electron chi connectivity index (χ0n) is 13.4. The molecular formula is C18H16N2O3S. The highest BCUT2D eigenvalue weighted by Crippen LogP contribution is 2.27. The van der Waals surface area contributed by atoms with Gasteiger partial charge in [-0.25, -0.2) is 0 Å². The van der Waals surface area contributed by atoms with Crippen LogP contribution in [0.5, 0.6) is 0 Å². The monoisotopic (exact) mass is 340 g/mol. The Bertz CT molecular complexity index is 839. The maximum absolute atomic E-state index is 12.5. The summed E-state index contributed by atoms with van der Waals surface area (Å²) in [4.78, 5) is 27.0. The number of nitrogens with zero attached hydrogens (tertiary/aromatic N) is 2. The van der Waals surface area contributed by atoms with Crippen LogP contribution in [0.25, 0.3) is 17.4 Å². The van der Waals surface area contributed by atoms with Crippen molar-refractivity contribution in [3.05, 3.63) is 53.9 Å². The summed E-state index contributed by atoms with van der Waals surface area (Å²) in [5.74, 6) is 0.585. The summed E-state index contributed by atoms with van der Waals surface area (Å²) < 4.78 is 5.78. The van der Waals surface area contributed by atoms with Crippen molar-refractivity contribution in [1.29, 1.82) is 0 Å². The van der Waals surface area contributed by atoms with Gasteiger partial charge in [0.1, 0.15) is 17.2 Å². The lowest BCUT2D eigenvalue weighted by Crippen LogP contribution is -2.34. The Balaban J connectivity index is 1.98. The molecule has 0 saturated carbocycles. The predicted molar refractivity (Wildman–Crippen MR) is 94.6 cm³/mol. The summed E-state index contributed by atoms with van der Waals surface area (Å²) in [6.07, 6.45) is 1.55. The van der Waals surface area contributed by atoms with E-state index >= 15 is 0 Å². The summed E-state index contributed by atoms with van der Waals surface area (Å²) in [7, 11) is 0. The van der Waals surface area contributed by atoms with Crippen molar-refractivity contribution in [2.75, 3.05) is 6.54 Å². The first-order valence-corrected chi connectivity index (χ1v) is 7.97. The molecule has 122 valence electrons. The quantitative estimate of drug-likeness (QED) is 0.635. The summed E-state index contributed by atoms with van der Waals surface area (Å²) in [5, 5.41) is 0.205. The lowest BCUT2D eigenvalue weighted by Gasteiger charge is -2.15. The second-order valence-corrected chi connectivity index (χ2v) is 5.65. The van der Waals surface area contributed by atoms with Crippen LogP contribution in [0.15, 0.2) is 52.6 Å². The zero-order valence-corrected chi connectivity index (χ0v) is 14.2. The summed E-state index contributed by atoms with van der Waals surface area (Å²) in [5.41, 5.74) is 1.15. The van der Waals surface area contributed by atoms with Crippen LogP contribution in [-0.4, -0.2) is 33.3 Å². The van der Waals surface area contributed by atoms with E-state index < -0.39 is 0 Å². The van der Waals surface area contributed by atoms with Crippen LogP contribution in [0.4, 0.5) is 0 Å². The Hall–Kier alpha value is -2.73. The van der Waals surface area contributed by atoms with E-state index in [2.05, 4.69) is 0 Å². The van der Waals surface area contributed by atoms with Crippen molar-refractivity contribution in [3.63, 3.8) is 0 Å². The van der Waals surface area contributed by atoms with Gasteiger partial charge in [-0.1, -0.05) is 30.3 Å². The number of rotatable bonds is 3. The molecule has 3 rings (SSSR count). The SMILES string of the molecule is CCN1C(=O)/C(=C/c2ccc(-c3ccccc3)o2)N(C(C)=O)C1=S. The number of hydrogen-bond acceptors (Lipinski definition) is 4. The highest BCUT2D eigenvalue weighted by Gasteiger charge is 2.39. The van der Waals surface area contributed by atoms with Gasteiger partial charge in [-0.15, -0.1) is 0 Å². The average Bonchev–Trinajstić information content (AvgIpc) is 3.12. The molecule has 2 amide bonds. The number of furan rings is 1. The fraction of sp³-hybridized carbons (Fsp3) is 0.167. The average molecular weight is 340 g/mol. The van der Waals surface area contributed by atoms with E-state index in [-0.39, 0.29) is 22.6 Å². The fourth-order valence-electron chi connectivity index (χ4n) is 2.58. The van der Waals surface area contributed by atoms with Gasteiger partial charge in [-0.05, 0) is 31.3 Å². The van der Waals surface area contributed by atoms with Gasteiger partial charge in [0.05, 0.1) is 0 Å². The van der Waals surface area contributed by atoms with Crippen molar-refractivity contribution in [1.82, 2.24) is 9.80 Å². The second kappa shape index (κ2) is 6.41. The molecule has 0 aliphatic carbocycles. The molecule has 1 saturated heterocycles. The molecule has 0 spiro atoms. The molecule has 0 unspecified atom stereocenters. The minimum absolute atomic E-state index is 0.205. The number of thiocarbonyl (C=S) groups is 1. The molecule has 5 nitrogen and oxygen atoms in total. The maximum atomic E-state index is 12.5. The van der Waals surface area contributed by atoms with Crippen LogP contribution >= 0.6 is 12.2 Å². The molecule has 1 aromatic heterocycles. The molecule has 0 radical (unpaired) electrons. The van der Waals surface area contributed by atoms with Crippen molar-refractivity contribution < 1.29 is 14.0 Å². The number of likely N-dealkylation sites (N-methyl/N-ethyl adjacent to an activating group) is 1. The number of carbonyl (C=O) groups excluding carboxylic acids is 2. The van der Waals surface area contributed by atoms with Crippen LogP contribution in [-0.2, 0) is 9.59 Å². The first kappa shape index (κ1) is 16.1. The van der Waals surface area contributed by atoms with E-state index in [0.29, 0.717) is 18.1 Å². The minimum Gasteiger partial charge on any atom is -0.457 e. The molecule has 0 N–H and O–H groups in total. The lowest BCUT2D eigenvalue weighted by molar-refractivity contribution is -0.126. The van der Waals surface area contributed by atoms with Crippen molar-refractivity contribution in [3.8, 4) is 11.3 Å². The molecule has 24 heavy (non-hydrogen) atoms. The van der Waals surface area contributed by atoms with E-state index in [4.69, 9.17) is 16.6 Å². The van der Waals surface area contributed by atoms with Gasteiger partial charge in [0, 0.05) is 25.1 Å². The third-order valence-electron chi connectivity index (χ3n) is 3.72. The first-order valence-electron chi connectivity index (χ1n) is 7.56. The molecule has 1 aliphatic heterocycles. The topological polar surface area (TPSA) is 53.8 Å². The molecule has 1 aromatic carbocycles. The predicted octanol–water partition coefficient (Wildman–Crippen LogP) is 3.28. The Morgan fingerprint density at radius 1 is 1.21 bits per heavy atom. The van der Waals surface area contributed by atoms with E-state index in [9.17, 15) is 9.59 Å². The molecular weight excluding hydrogens is 324 g/mol. The van der Waals surface area contributed by atoms with Gasteiger partial charge in [-0.2, -0.15) is 0 Å². The number of amides is 2. The molecule has 0 atom stereocenters. The fourth-order valence-corrected chi connectivity index (χ4v) is 3.02. The Labute approximate surface area is 145 Å². The zero-order chi connectivity index (χ0) is 17.3. The largest absolute Gasteiger partial charge is 0.457 e. The standard InChI is InChI=1S/C18H16N2O3S/c1-3-19-17(22)15(20(12(2)21)18(19)24)11-14-9-10-16(23-14)13-7-5-4-6-8-13/h4-11H,3H2,1-2H3/b15-11-. The lowest BCUT2D eigenvalue weighted by atomic mass is 10.2. The normalized spacial score (nSPS) is 16.3. The third kappa shape index (κ3) is 2.76. The molecule has 1 fully saturated rings. The summed E-state index contributed by atoms with van der Waals surface area (Å²) >= 11 is 5.23. The van der Waals surface area contributed by atoms with E-state index in [0.717, 1.165) is 5.56 Å². The van der Waals surface area contributed by atoms with Crippen LogP contribution in [0.2, 0.25) is 0 Å². The van der Waals surface area contributed by atoms with Crippen LogP contribution in [0.3, 0.4) is 0 Å². The van der Waals surface area contributed by atoms with Gasteiger partial charge in [0.2, 0.25) is 5.91 Å². The Kier molecular flexibility index (Phi) is 4.31. The molecule has 1 aliphatic rings. The van der Waals surface area contributed by atoms with Crippen LogP contribution in [0, 0.1) is 0 Å². The van der Waals surface area contributed by atoms with Crippen LogP contribution < -0.4 is 0 Å². The minimum atomic E-state index is -0.301. The number of carbonyl (C=O) groups is 2. The molecule has 0 bridgehead atoms. The highest BCUT2D eigenvalue weighted by molar-refractivity contribution is 7.80.